The molecule has 7 heteroatoms. The van der Waals surface area contributed by atoms with Crippen molar-refractivity contribution < 1.29 is 14.4 Å². The summed E-state index contributed by atoms with van der Waals surface area (Å²) >= 11 is 0. The van der Waals surface area contributed by atoms with Crippen molar-refractivity contribution in [1.82, 2.24) is 5.32 Å². The van der Waals surface area contributed by atoms with Crippen molar-refractivity contribution in [2.24, 2.45) is 17.2 Å². The van der Waals surface area contributed by atoms with Gasteiger partial charge in [-0.3, -0.25) is 19.7 Å². The largest absolute Gasteiger partial charge is 0.368 e. The highest BCUT2D eigenvalue weighted by Crippen LogP contribution is 2.11. The molecule has 1 atom stereocenters. The third-order valence-electron chi connectivity index (χ3n) is 1.74. The molecule has 0 bridgehead atoms. The summed E-state index contributed by atoms with van der Waals surface area (Å²) in [7, 11) is 0. The highest BCUT2D eigenvalue weighted by atomic mass is 16.2. The Bertz CT molecular complexity index is 397. The zero-order valence-electron chi connectivity index (χ0n) is 7.64. The molecule has 1 rings (SSSR count). The fourth-order valence-electron chi connectivity index (χ4n) is 1.02. The average Bonchev–Trinajstić information content (AvgIpc) is 2.16. The number of hydrogen-bond donors (Lipinski definition) is 3. The Morgan fingerprint density at radius 2 is 1.73 bits per heavy atom. The van der Waals surface area contributed by atoms with E-state index in [1.54, 1.807) is 0 Å². The van der Waals surface area contributed by atoms with Gasteiger partial charge in [0.15, 0.2) is 0 Å². The Hall–Kier alpha value is -2.31. The van der Waals surface area contributed by atoms with E-state index >= 15 is 0 Å². The van der Waals surface area contributed by atoms with Gasteiger partial charge in [0, 0.05) is 5.57 Å². The summed E-state index contributed by atoms with van der Waals surface area (Å²) in [6.45, 7) is 0. The first-order valence-corrected chi connectivity index (χ1v) is 3.95. The molecule has 0 fully saturated rings. The second-order valence-corrected chi connectivity index (χ2v) is 2.86. The van der Waals surface area contributed by atoms with Crippen LogP contribution in [0.5, 0.6) is 0 Å². The third-order valence-corrected chi connectivity index (χ3v) is 1.74. The van der Waals surface area contributed by atoms with Crippen LogP contribution in [-0.4, -0.2) is 23.8 Å². The van der Waals surface area contributed by atoms with Crippen molar-refractivity contribution in [3.05, 3.63) is 23.4 Å². The maximum atomic E-state index is 10.9. The van der Waals surface area contributed by atoms with Crippen LogP contribution >= 0.6 is 0 Å². The Morgan fingerprint density at radius 1 is 1.13 bits per heavy atom. The van der Waals surface area contributed by atoms with Crippen molar-refractivity contribution in [1.29, 1.82) is 0 Å². The molecule has 1 aliphatic rings. The second kappa shape index (κ2) is 3.82. The van der Waals surface area contributed by atoms with E-state index in [4.69, 9.17) is 17.2 Å². The monoisotopic (exact) mass is 209 g/mol. The molecular weight excluding hydrogens is 200 g/mol. The molecule has 15 heavy (non-hydrogen) atoms. The lowest BCUT2D eigenvalue weighted by atomic mass is 10.0. The number of carbonyl (C=O) groups is 3. The topological polar surface area (TPSA) is 143 Å². The molecule has 6 N–H and O–H groups in total. The van der Waals surface area contributed by atoms with Crippen LogP contribution in [0.1, 0.15) is 0 Å². The van der Waals surface area contributed by atoms with Crippen LogP contribution in [-0.2, 0) is 14.4 Å². The molecule has 3 amide bonds. The van der Waals surface area contributed by atoms with E-state index in [2.05, 4.69) is 5.32 Å². The van der Waals surface area contributed by atoms with Gasteiger partial charge >= 0.3 is 0 Å². The molecule has 0 aromatic carbocycles. The van der Waals surface area contributed by atoms with Crippen LogP contribution in [0, 0.1) is 0 Å². The smallest absolute Gasteiger partial charge is 0.266 e. The minimum absolute atomic E-state index is 0.0115. The minimum Gasteiger partial charge on any atom is -0.368 e. The van der Waals surface area contributed by atoms with Crippen molar-refractivity contribution >= 4 is 17.7 Å². The molecule has 79 valence electrons. The van der Waals surface area contributed by atoms with Crippen molar-refractivity contribution in [3.63, 3.8) is 0 Å². The van der Waals surface area contributed by atoms with Crippen LogP contribution in [0.3, 0.4) is 0 Å². The van der Waals surface area contributed by atoms with E-state index < -0.39 is 23.8 Å². The molecule has 7 nitrogen and oxygen atoms in total. The summed E-state index contributed by atoms with van der Waals surface area (Å²) < 4.78 is 0. The van der Waals surface area contributed by atoms with E-state index in [9.17, 15) is 14.4 Å². The summed E-state index contributed by atoms with van der Waals surface area (Å²) in [6.07, 6.45) is 2.29. The SMILES string of the molecule is NC(=O)C1=CC(C(N)=O)[N]C(C(N)=O)=C1. The van der Waals surface area contributed by atoms with Crippen molar-refractivity contribution in [3.8, 4) is 0 Å². The molecule has 0 aromatic heterocycles. The van der Waals surface area contributed by atoms with E-state index in [0.29, 0.717) is 0 Å². The first-order valence-electron chi connectivity index (χ1n) is 3.95. The molecular formula is C8H9N4O3. The Labute approximate surface area is 85.0 Å². The van der Waals surface area contributed by atoms with Crippen LogP contribution in [0.15, 0.2) is 23.4 Å². The van der Waals surface area contributed by atoms with E-state index in [1.165, 1.54) is 6.08 Å². The number of nitrogens with two attached hydrogens (primary N) is 3. The lowest BCUT2D eigenvalue weighted by Gasteiger charge is -2.16. The van der Waals surface area contributed by atoms with Gasteiger partial charge in [-0.25, -0.2) is 0 Å². The number of carbonyl (C=O) groups excluding carboxylic acids is 3. The zero-order chi connectivity index (χ0) is 11.6. The second-order valence-electron chi connectivity index (χ2n) is 2.86. The number of rotatable bonds is 3. The van der Waals surface area contributed by atoms with Gasteiger partial charge in [0.05, 0.1) is 0 Å². The average molecular weight is 209 g/mol. The van der Waals surface area contributed by atoms with Crippen LogP contribution in [0.2, 0.25) is 0 Å². The summed E-state index contributed by atoms with van der Waals surface area (Å²) in [5.41, 5.74) is 14.7. The number of nitrogens with zero attached hydrogens (tertiary/aromatic N) is 1. The van der Waals surface area contributed by atoms with Gasteiger partial charge in [-0.1, -0.05) is 0 Å². The van der Waals surface area contributed by atoms with Crippen LogP contribution in [0.4, 0.5) is 0 Å². The lowest BCUT2D eigenvalue weighted by Crippen LogP contribution is -2.40. The van der Waals surface area contributed by atoms with Gasteiger partial charge in [0.2, 0.25) is 11.8 Å². The van der Waals surface area contributed by atoms with Gasteiger partial charge in [0.1, 0.15) is 11.7 Å². The maximum Gasteiger partial charge on any atom is 0.266 e. The Balaban J connectivity index is 3.07. The first kappa shape index (κ1) is 10.8. The molecule has 0 spiro atoms. The number of amides is 3. The predicted molar refractivity (Wildman–Crippen MR) is 49.7 cm³/mol. The highest BCUT2D eigenvalue weighted by molar-refractivity contribution is 6.01. The number of hydrogen-bond acceptors (Lipinski definition) is 3. The van der Waals surface area contributed by atoms with Crippen LogP contribution in [0.25, 0.3) is 0 Å². The third kappa shape index (κ3) is 2.33. The Kier molecular flexibility index (Phi) is 2.75. The molecule has 1 radical (unpaired) electrons. The molecule has 0 aromatic rings. The molecule has 1 heterocycles. The molecule has 1 unspecified atom stereocenters. The Morgan fingerprint density at radius 3 is 2.13 bits per heavy atom. The van der Waals surface area contributed by atoms with Gasteiger partial charge in [-0.2, -0.15) is 0 Å². The van der Waals surface area contributed by atoms with E-state index in [-0.39, 0.29) is 11.3 Å². The van der Waals surface area contributed by atoms with Gasteiger partial charge < -0.3 is 17.2 Å². The summed E-state index contributed by atoms with van der Waals surface area (Å²) in [5, 5.41) is 3.64. The van der Waals surface area contributed by atoms with Crippen molar-refractivity contribution in [2.45, 2.75) is 6.04 Å². The van der Waals surface area contributed by atoms with Crippen LogP contribution < -0.4 is 22.5 Å². The normalized spacial score (nSPS) is 19.6. The molecule has 0 saturated carbocycles. The molecule has 0 saturated heterocycles. The highest BCUT2D eigenvalue weighted by Gasteiger charge is 2.24. The fraction of sp³-hybridized carbons (Fsp3) is 0.125. The summed E-state index contributed by atoms with van der Waals surface area (Å²) in [6, 6.07) is -1.08. The lowest BCUT2D eigenvalue weighted by molar-refractivity contribution is -0.119. The molecule has 0 aliphatic carbocycles. The molecule has 1 aliphatic heterocycles. The van der Waals surface area contributed by atoms with E-state index in [1.807, 2.05) is 0 Å². The minimum atomic E-state index is -1.08. The summed E-state index contributed by atoms with van der Waals surface area (Å²) in [4.78, 5) is 32.5. The van der Waals surface area contributed by atoms with Gasteiger partial charge in [-0.05, 0) is 12.2 Å². The van der Waals surface area contributed by atoms with Gasteiger partial charge in [0.25, 0.3) is 5.91 Å². The predicted octanol–water partition coefficient (Wildman–Crippen LogP) is -2.76. The number of primary amides is 3. The standard InChI is InChI=1S/C8H9N4O3/c9-6(13)3-1-4(7(10)14)12-5(2-3)8(11)15/h1-2,4H,(H2,9,13)(H2,10,14)(H2,11,15). The van der Waals surface area contributed by atoms with E-state index in [0.717, 1.165) is 6.08 Å². The quantitative estimate of drug-likeness (QED) is 0.463. The maximum absolute atomic E-state index is 10.9. The fourth-order valence-corrected chi connectivity index (χ4v) is 1.02. The van der Waals surface area contributed by atoms with Gasteiger partial charge in [-0.15, -0.1) is 0 Å². The zero-order valence-corrected chi connectivity index (χ0v) is 7.64. The first-order chi connectivity index (χ1) is 6.91. The van der Waals surface area contributed by atoms with Crippen molar-refractivity contribution in [2.75, 3.05) is 0 Å². The summed E-state index contributed by atoms with van der Waals surface area (Å²) in [5.74, 6) is -2.43.